The molecule has 2 aromatic carbocycles. The third-order valence-electron chi connectivity index (χ3n) is 3.60. The molecule has 0 heterocycles. The first-order valence-electron chi connectivity index (χ1n) is 7.10. The van der Waals surface area contributed by atoms with E-state index >= 15 is 0 Å². The van der Waals surface area contributed by atoms with E-state index in [2.05, 4.69) is 0 Å². The molecule has 0 bridgehead atoms. The minimum absolute atomic E-state index is 0.0744. The van der Waals surface area contributed by atoms with Gasteiger partial charge in [-0.05, 0) is 30.2 Å². The number of nitro benzene ring substituents is 1. The average molecular weight is 350 g/mol. The van der Waals surface area contributed by atoms with E-state index in [0.717, 1.165) is 9.87 Å². The molecule has 0 amide bonds. The van der Waals surface area contributed by atoms with E-state index in [0.29, 0.717) is 11.3 Å². The van der Waals surface area contributed by atoms with E-state index in [1.165, 1.54) is 26.3 Å². The minimum atomic E-state index is -4.01. The smallest absolute Gasteiger partial charge is 0.289 e. The van der Waals surface area contributed by atoms with Crippen LogP contribution in [0.5, 0.6) is 5.75 Å². The molecule has 0 atom stereocenters. The second kappa shape index (κ2) is 6.98. The molecule has 8 heteroatoms. The maximum absolute atomic E-state index is 12.8. The number of hydrogen-bond acceptors (Lipinski definition) is 5. The van der Waals surface area contributed by atoms with Crippen LogP contribution in [0.15, 0.2) is 47.4 Å². The SMILES string of the molecule is COc1cccc(CN(C)S(=O)(=O)c2c(C)cccc2[N+](=O)[O-])c1. The fourth-order valence-corrected chi connectivity index (χ4v) is 3.90. The number of methoxy groups -OCH3 is 1. The van der Waals surface area contributed by atoms with E-state index in [-0.39, 0.29) is 11.4 Å². The standard InChI is InChI=1S/C16H18N2O5S/c1-12-6-4-9-15(18(19)20)16(12)24(21,22)17(2)11-13-7-5-8-14(10-13)23-3/h4-10H,11H2,1-3H3. The first-order valence-corrected chi connectivity index (χ1v) is 8.54. The Kier molecular flexibility index (Phi) is 5.20. The monoisotopic (exact) mass is 350 g/mol. The quantitative estimate of drug-likeness (QED) is 0.590. The molecular formula is C16H18N2O5S. The van der Waals surface area contributed by atoms with Crippen LogP contribution in [0.3, 0.4) is 0 Å². The Morgan fingerprint density at radius 2 is 1.88 bits per heavy atom. The lowest BCUT2D eigenvalue weighted by Gasteiger charge is -2.18. The van der Waals surface area contributed by atoms with Crippen LogP contribution >= 0.6 is 0 Å². The van der Waals surface area contributed by atoms with Gasteiger partial charge in [0.2, 0.25) is 10.0 Å². The summed E-state index contributed by atoms with van der Waals surface area (Å²) in [5.41, 5.74) is 0.630. The summed E-state index contributed by atoms with van der Waals surface area (Å²) in [6.45, 7) is 1.62. The molecule has 0 saturated carbocycles. The highest BCUT2D eigenvalue weighted by atomic mass is 32.2. The summed E-state index contributed by atoms with van der Waals surface area (Å²) in [5.74, 6) is 0.611. The highest BCUT2D eigenvalue weighted by Crippen LogP contribution is 2.30. The average Bonchev–Trinajstić information content (AvgIpc) is 2.54. The third-order valence-corrected chi connectivity index (χ3v) is 5.59. The van der Waals surface area contributed by atoms with Crippen LogP contribution in [-0.4, -0.2) is 31.8 Å². The van der Waals surface area contributed by atoms with Gasteiger partial charge in [0.25, 0.3) is 5.69 Å². The normalized spacial score (nSPS) is 11.5. The summed E-state index contributed by atoms with van der Waals surface area (Å²) in [6, 6.07) is 11.2. The number of nitro groups is 1. The number of sulfonamides is 1. The van der Waals surface area contributed by atoms with Crippen molar-refractivity contribution in [3.8, 4) is 5.75 Å². The van der Waals surface area contributed by atoms with Crippen molar-refractivity contribution in [2.75, 3.05) is 14.2 Å². The number of aryl methyl sites for hydroxylation is 1. The first-order chi connectivity index (χ1) is 11.3. The summed E-state index contributed by atoms with van der Waals surface area (Å²) >= 11 is 0. The number of nitrogens with zero attached hydrogens (tertiary/aromatic N) is 2. The zero-order chi connectivity index (χ0) is 17.9. The van der Waals surface area contributed by atoms with Gasteiger partial charge in [-0.15, -0.1) is 0 Å². The van der Waals surface area contributed by atoms with Crippen LogP contribution in [-0.2, 0) is 16.6 Å². The molecule has 0 saturated heterocycles. The van der Waals surface area contributed by atoms with Crippen LogP contribution in [0.2, 0.25) is 0 Å². The Hall–Kier alpha value is -2.45. The predicted octanol–water partition coefficient (Wildman–Crippen LogP) is 2.73. The van der Waals surface area contributed by atoms with Gasteiger partial charge in [0.15, 0.2) is 4.90 Å². The number of rotatable bonds is 6. The molecule has 0 N–H and O–H groups in total. The lowest BCUT2D eigenvalue weighted by molar-refractivity contribution is -0.387. The molecule has 0 fully saturated rings. The van der Waals surface area contributed by atoms with Crippen LogP contribution in [0.1, 0.15) is 11.1 Å². The van der Waals surface area contributed by atoms with Crippen LogP contribution in [0, 0.1) is 17.0 Å². The van der Waals surface area contributed by atoms with Gasteiger partial charge >= 0.3 is 0 Å². The highest BCUT2D eigenvalue weighted by molar-refractivity contribution is 7.89. The molecule has 0 aromatic heterocycles. The van der Waals surface area contributed by atoms with E-state index in [1.807, 2.05) is 0 Å². The molecule has 0 aliphatic heterocycles. The van der Waals surface area contributed by atoms with E-state index in [9.17, 15) is 18.5 Å². The molecule has 0 aliphatic carbocycles. The van der Waals surface area contributed by atoms with Gasteiger partial charge in [-0.3, -0.25) is 10.1 Å². The molecule has 0 spiro atoms. The largest absolute Gasteiger partial charge is 0.497 e. The summed E-state index contributed by atoms with van der Waals surface area (Å²) in [4.78, 5) is 10.2. The molecule has 7 nitrogen and oxygen atoms in total. The molecule has 128 valence electrons. The van der Waals surface area contributed by atoms with Crippen molar-refractivity contribution in [3.63, 3.8) is 0 Å². The lowest BCUT2D eigenvalue weighted by Crippen LogP contribution is -2.27. The van der Waals surface area contributed by atoms with Gasteiger partial charge in [-0.25, -0.2) is 8.42 Å². The fraction of sp³-hybridized carbons (Fsp3) is 0.250. The molecule has 24 heavy (non-hydrogen) atoms. The summed E-state index contributed by atoms with van der Waals surface area (Å²) < 4.78 is 31.9. The van der Waals surface area contributed by atoms with Crippen LogP contribution in [0.25, 0.3) is 0 Å². The second-order valence-corrected chi connectivity index (χ2v) is 7.27. The van der Waals surface area contributed by atoms with Crippen molar-refractivity contribution in [2.24, 2.45) is 0 Å². The molecule has 2 aromatic rings. The second-order valence-electron chi connectivity index (χ2n) is 5.29. The van der Waals surface area contributed by atoms with Crippen molar-refractivity contribution < 1.29 is 18.1 Å². The Balaban J connectivity index is 2.42. The molecule has 2 rings (SSSR count). The summed E-state index contributed by atoms with van der Waals surface area (Å²) in [7, 11) is -1.09. The number of benzene rings is 2. The summed E-state index contributed by atoms with van der Waals surface area (Å²) in [5, 5.41) is 11.2. The van der Waals surface area contributed by atoms with Crippen molar-refractivity contribution in [2.45, 2.75) is 18.4 Å². The predicted molar refractivity (Wildman–Crippen MR) is 89.5 cm³/mol. The highest BCUT2D eigenvalue weighted by Gasteiger charge is 2.31. The van der Waals surface area contributed by atoms with E-state index in [4.69, 9.17) is 4.74 Å². The first kappa shape index (κ1) is 17.9. The number of ether oxygens (including phenoxy) is 1. The zero-order valence-corrected chi connectivity index (χ0v) is 14.4. The number of hydrogen-bond donors (Lipinski definition) is 0. The van der Waals surface area contributed by atoms with Crippen molar-refractivity contribution in [1.29, 1.82) is 0 Å². The van der Waals surface area contributed by atoms with Gasteiger partial charge in [-0.1, -0.05) is 24.3 Å². The maximum Gasteiger partial charge on any atom is 0.289 e. The van der Waals surface area contributed by atoms with Gasteiger partial charge < -0.3 is 4.74 Å². The third kappa shape index (κ3) is 3.55. The van der Waals surface area contributed by atoms with Crippen molar-refractivity contribution >= 4 is 15.7 Å². The van der Waals surface area contributed by atoms with Crippen LogP contribution in [0.4, 0.5) is 5.69 Å². The van der Waals surface area contributed by atoms with Gasteiger partial charge in [0.1, 0.15) is 5.75 Å². The van der Waals surface area contributed by atoms with Gasteiger partial charge in [0.05, 0.1) is 12.0 Å². The van der Waals surface area contributed by atoms with Gasteiger partial charge in [0, 0.05) is 19.7 Å². The molecule has 0 radical (unpaired) electrons. The summed E-state index contributed by atoms with van der Waals surface area (Å²) in [6.07, 6.45) is 0. The van der Waals surface area contributed by atoms with E-state index in [1.54, 1.807) is 37.3 Å². The Labute approximate surface area is 140 Å². The van der Waals surface area contributed by atoms with Crippen molar-refractivity contribution in [1.82, 2.24) is 4.31 Å². The Bertz CT molecular complexity index is 865. The molecular weight excluding hydrogens is 332 g/mol. The van der Waals surface area contributed by atoms with Gasteiger partial charge in [-0.2, -0.15) is 4.31 Å². The minimum Gasteiger partial charge on any atom is -0.497 e. The molecule has 0 aliphatic rings. The topological polar surface area (TPSA) is 89.8 Å². The Morgan fingerprint density at radius 3 is 2.50 bits per heavy atom. The Morgan fingerprint density at radius 1 is 1.21 bits per heavy atom. The van der Waals surface area contributed by atoms with Crippen LogP contribution < -0.4 is 4.74 Å². The lowest BCUT2D eigenvalue weighted by atomic mass is 10.2. The maximum atomic E-state index is 12.8. The van der Waals surface area contributed by atoms with E-state index < -0.39 is 20.6 Å². The zero-order valence-electron chi connectivity index (χ0n) is 13.6. The fourth-order valence-electron chi connectivity index (χ4n) is 2.39. The van der Waals surface area contributed by atoms with Crippen molar-refractivity contribution in [3.05, 3.63) is 63.7 Å². The molecule has 0 unspecified atom stereocenters.